The highest BCUT2D eigenvalue weighted by Gasteiger charge is 2.03. The molecule has 0 unspecified atom stereocenters. The van der Waals surface area contributed by atoms with E-state index in [0.29, 0.717) is 0 Å². The van der Waals surface area contributed by atoms with Crippen LogP contribution in [0, 0.1) is 0 Å². The molecule has 1 aromatic rings. The Balaban J connectivity index is 2.52. The third-order valence-electron chi connectivity index (χ3n) is 2.26. The van der Waals surface area contributed by atoms with Crippen LogP contribution in [-0.2, 0) is 0 Å². The van der Waals surface area contributed by atoms with Crippen molar-refractivity contribution in [3.8, 4) is 10.4 Å². The van der Waals surface area contributed by atoms with E-state index in [2.05, 4.69) is 48.5 Å². The SMILES string of the molecule is c1cc2cc3ccccc3sc-2c1. The van der Waals surface area contributed by atoms with Gasteiger partial charge in [-0.3, -0.25) is 0 Å². The Kier molecular flexibility index (Phi) is 1.41. The topological polar surface area (TPSA) is 0 Å². The summed E-state index contributed by atoms with van der Waals surface area (Å²) < 4.78 is 1.36. The molecule has 13 heavy (non-hydrogen) atoms. The van der Waals surface area contributed by atoms with Gasteiger partial charge in [0.25, 0.3) is 0 Å². The molecule has 0 aromatic heterocycles. The third-order valence-corrected chi connectivity index (χ3v) is 3.44. The minimum Gasteiger partial charge on any atom is -0.135 e. The normalized spacial score (nSPS) is 11.1. The molecule has 0 atom stereocenters. The summed E-state index contributed by atoms with van der Waals surface area (Å²) >= 11 is 1.86. The van der Waals surface area contributed by atoms with E-state index in [1.54, 1.807) is 0 Å². The van der Waals surface area contributed by atoms with Gasteiger partial charge in [0.1, 0.15) is 0 Å². The molecule has 1 heterocycles. The second-order valence-corrected chi connectivity index (χ2v) is 4.21. The molecule has 3 rings (SSSR count). The van der Waals surface area contributed by atoms with Crippen LogP contribution in [0.15, 0.2) is 48.5 Å². The Bertz CT molecular complexity index is 475. The van der Waals surface area contributed by atoms with Crippen molar-refractivity contribution in [3.63, 3.8) is 0 Å². The van der Waals surface area contributed by atoms with Crippen LogP contribution in [0.3, 0.4) is 0 Å². The zero-order valence-electron chi connectivity index (χ0n) is 7.03. The van der Waals surface area contributed by atoms with Gasteiger partial charge in [-0.1, -0.05) is 30.3 Å². The summed E-state index contributed by atoms with van der Waals surface area (Å²) in [6, 6.07) is 17.2. The molecule has 1 aromatic carbocycles. The van der Waals surface area contributed by atoms with Crippen LogP contribution in [0.5, 0.6) is 0 Å². The lowest BCUT2D eigenvalue weighted by atomic mass is 10.2. The minimum atomic E-state index is 1.34. The summed E-state index contributed by atoms with van der Waals surface area (Å²) in [5.41, 5.74) is 1.35. The molecule has 2 aliphatic rings. The Hall–Kier alpha value is -1.34. The molecule has 62 valence electrons. The van der Waals surface area contributed by atoms with Crippen LogP contribution in [0.25, 0.3) is 20.5 Å². The van der Waals surface area contributed by atoms with E-state index in [-0.39, 0.29) is 0 Å². The summed E-state index contributed by atoms with van der Waals surface area (Å²) in [5, 5.41) is 1.34. The monoisotopic (exact) mass is 184 g/mol. The Morgan fingerprint density at radius 3 is 2.77 bits per heavy atom. The first-order valence-corrected chi connectivity index (χ1v) is 5.12. The highest BCUT2D eigenvalue weighted by atomic mass is 32.1. The molecular formula is C12H8S. The molecule has 1 aliphatic carbocycles. The first kappa shape index (κ1) is 7.10. The Morgan fingerprint density at radius 2 is 1.77 bits per heavy atom. The minimum absolute atomic E-state index is 1.34. The van der Waals surface area contributed by atoms with Gasteiger partial charge >= 0.3 is 0 Å². The largest absolute Gasteiger partial charge is 0.135 e. The first-order valence-electron chi connectivity index (χ1n) is 4.31. The van der Waals surface area contributed by atoms with E-state index in [4.69, 9.17) is 0 Å². The maximum absolute atomic E-state index is 2.25. The highest BCUT2D eigenvalue weighted by Crippen LogP contribution is 2.33. The van der Waals surface area contributed by atoms with E-state index in [0.717, 1.165) is 0 Å². The summed E-state index contributed by atoms with van der Waals surface area (Å²) in [6.07, 6.45) is 0. The van der Waals surface area contributed by atoms with Crippen molar-refractivity contribution in [2.24, 2.45) is 0 Å². The average molecular weight is 184 g/mol. The fourth-order valence-corrected chi connectivity index (χ4v) is 2.63. The maximum atomic E-state index is 2.25. The fraction of sp³-hybridized carbons (Fsp3) is 0. The molecule has 0 radical (unpaired) electrons. The molecule has 0 fully saturated rings. The predicted molar refractivity (Wildman–Crippen MR) is 58.4 cm³/mol. The van der Waals surface area contributed by atoms with Gasteiger partial charge in [-0.15, -0.1) is 11.3 Å². The van der Waals surface area contributed by atoms with Crippen molar-refractivity contribution in [1.82, 2.24) is 0 Å². The van der Waals surface area contributed by atoms with Crippen LogP contribution in [0.4, 0.5) is 0 Å². The molecule has 0 bridgehead atoms. The van der Waals surface area contributed by atoms with Gasteiger partial charge in [0, 0.05) is 9.58 Å². The van der Waals surface area contributed by atoms with Gasteiger partial charge < -0.3 is 0 Å². The lowest BCUT2D eigenvalue weighted by Crippen LogP contribution is -1.71. The Labute approximate surface area is 80.8 Å². The second kappa shape index (κ2) is 2.57. The van der Waals surface area contributed by atoms with Crippen molar-refractivity contribution in [1.29, 1.82) is 0 Å². The van der Waals surface area contributed by atoms with Crippen LogP contribution in [0.1, 0.15) is 0 Å². The number of hydrogen-bond acceptors (Lipinski definition) is 1. The molecule has 0 spiro atoms. The van der Waals surface area contributed by atoms with E-state index >= 15 is 0 Å². The molecule has 1 heteroatoms. The Morgan fingerprint density at radius 1 is 0.846 bits per heavy atom. The summed E-state index contributed by atoms with van der Waals surface area (Å²) in [6.45, 7) is 0. The molecule has 1 aliphatic heterocycles. The van der Waals surface area contributed by atoms with Crippen molar-refractivity contribution >= 4 is 21.4 Å². The smallest absolute Gasteiger partial charge is 0.0349 e. The summed E-state index contributed by atoms with van der Waals surface area (Å²) in [5.74, 6) is 0. The lowest BCUT2D eigenvalue weighted by molar-refractivity contribution is 1.82. The average Bonchev–Trinajstić information content (AvgIpc) is 2.61. The molecule has 0 saturated carbocycles. The van der Waals surface area contributed by atoms with Crippen LogP contribution in [-0.4, -0.2) is 0 Å². The molecule has 0 nitrogen and oxygen atoms in total. The van der Waals surface area contributed by atoms with Gasteiger partial charge in [0.05, 0.1) is 0 Å². The zero-order chi connectivity index (χ0) is 8.67. The van der Waals surface area contributed by atoms with Crippen LogP contribution >= 0.6 is 11.3 Å². The van der Waals surface area contributed by atoms with Crippen molar-refractivity contribution in [2.75, 3.05) is 0 Å². The van der Waals surface area contributed by atoms with Crippen LogP contribution < -0.4 is 0 Å². The lowest BCUT2D eigenvalue weighted by Gasteiger charge is -2.00. The zero-order valence-corrected chi connectivity index (χ0v) is 7.84. The molecule has 0 N–H and O–H groups in total. The van der Waals surface area contributed by atoms with Crippen molar-refractivity contribution in [2.45, 2.75) is 0 Å². The second-order valence-electron chi connectivity index (χ2n) is 3.13. The number of hydrogen-bond donors (Lipinski definition) is 0. The fourth-order valence-electron chi connectivity index (χ4n) is 1.61. The highest BCUT2D eigenvalue weighted by molar-refractivity contribution is 7.21. The number of fused-ring (bicyclic) bond motifs is 2. The van der Waals surface area contributed by atoms with Crippen molar-refractivity contribution < 1.29 is 0 Å². The standard InChI is InChI=1S/C12H8S/c1-2-6-11-9(4-1)8-10-5-3-7-12(10)13-11/h1-8H. The quantitative estimate of drug-likeness (QED) is 0.495. The maximum Gasteiger partial charge on any atom is 0.0349 e. The van der Waals surface area contributed by atoms with Gasteiger partial charge in [-0.25, -0.2) is 0 Å². The molecule has 0 amide bonds. The van der Waals surface area contributed by atoms with Gasteiger partial charge in [-0.05, 0) is 29.1 Å². The van der Waals surface area contributed by atoms with Gasteiger partial charge in [-0.2, -0.15) is 0 Å². The molecule has 0 saturated heterocycles. The van der Waals surface area contributed by atoms with Gasteiger partial charge in [0.2, 0.25) is 0 Å². The van der Waals surface area contributed by atoms with E-state index in [1.807, 2.05) is 11.3 Å². The molecular weight excluding hydrogens is 176 g/mol. The van der Waals surface area contributed by atoms with Crippen molar-refractivity contribution in [3.05, 3.63) is 48.5 Å². The van der Waals surface area contributed by atoms with Gasteiger partial charge in [0.15, 0.2) is 0 Å². The third kappa shape index (κ3) is 1.04. The van der Waals surface area contributed by atoms with E-state index < -0.39 is 0 Å². The van der Waals surface area contributed by atoms with E-state index in [1.165, 1.54) is 20.5 Å². The number of rotatable bonds is 0. The first-order chi connectivity index (χ1) is 6.43. The van der Waals surface area contributed by atoms with E-state index in [9.17, 15) is 0 Å². The summed E-state index contributed by atoms with van der Waals surface area (Å²) in [7, 11) is 0. The summed E-state index contributed by atoms with van der Waals surface area (Å²) in [4.78, 5) is 1.37. The predicted octanol–water partition coefficient (Wildman–Crippen LogP) is 4.01. The number of benzene rings is 1. The van der Waals surface area contributed by atoms with Crippen LogP contribution in [0.2, 0.25) is 0 Å².